The van der Waals surface area contributed by atoms with Gasteiger partial charge in [-0.1, -0.05) is 12.1 Å². The van der Waals surface area contributed by atoms with Crippen molar-refractivity contribution in [3.63, 3.8) is 0 Å². The molecule has 1 N–H and O–H groups in total. The number of nitrogens with one attached hydrogen (secondary N) is 1. The Kier molecular flexibility index (Phi) is 3.48. The first kappa shape index (κ1) is 16.5. The van der Waals surface area contributed by atoms with Crippen molar-refractivity contribution in [2.75, 3.05) is 0 Å². The molecule has 4 aromatic heterocycles. The van der Waals surface area contributed by atoms with Crippen LogP contribution in [0.4, 0.5) is 8.78 Å². The van der Waals surface area contributed by atoms with Crippen LogP contribution in [0.25, 0.3) is 33.2 Å². The Labute approximate surface area is 157 Å². The maximum absolute atomic E-state index is 15.4. The molecular weight excluding hydrogens is 362 g/mol. The fourth-order valence-electron chi connectivity index (χ4n) is 3.24. The van der Waals surface area contributed by atoms with Gasteiger partial charge in [0.1, 0.15) is 16.7 Å². The second kappa shape index (κ2) is 5.91. The van der Waals surface area contributed by atoms with E-state index in [0.717, 1.165) is 5.56 Å². The molecule has 0 unspecified atom stereocenters. The van der Waals surface area contributed by atoms with Crippen molar-refractivity contribution in [2.45, 2.75) is 5.92 Å². The highest BCUT2D eigenvalue weighted by atomic mass is 19.3. The minimum Gasteiger partial charge on any atom is -0.275 e. The minimum absolute atomic E-state index is 0.137. The number of H-pyrrole nitrogens is 1. The molecule has 138 valence electrons. The number of nitrogens with zero attached hydrogens (tertiary/aromatic N) is 5. The van der Waals surface area contributed by atoms with Crippen molar-refractivity contribution in [3.05, 3.63) is 72.3 Å². The molecule has 1 aromatic carbocycles. The van der Waals surface area contributed by atoms with Gasteiger partial charge in [0.2, 0.25) is 0 Å². The van der Waals surface area contributed by atoms with Crippen LogP contribution in [0, 0.1) is 0 Å². The van der Waals surface area contributed by atoms with Crippen molar-refractivity contribution < 1.29 is 8.78 Å². The first-order valence-corrected chi connectivity index (χ1v) is 8.60. The lowest BCUT2D eigenvalue weighted by atomic mass is 10.0. The van der Waals surface area contributed by atoms with E-state index in [9.17, 15) is 0 Å². The van der Waals surface area contributed by atoms with Gasteiger partial charge in [0, 0.05) is 36.0 Å². The van der Waals surface area contributed by atoms with E-state index in [1.807, 2.05) is 0 Å². The van der Waals surface area contributed by atoms with Crippen LogP contribution in [0.2, 0.25) is 0 Å². The number of halogens is 2. The summed E-state index contributed by atoms with van der Waals surface area (Å²) in [5.74, 6) is -3.29. The number of alkyl halides is 2. The van der Waals surface area contributed by atoms with Crippen molar-refractivity contribution in [2.24, 2.45) is 7.05 Å². The van der Waals surface area contributed by atoms with Gasteiger partial charge in [0.15, 0.2) is 0 Å². The molecule has 5 aromatic rings. The van der Waals surface area contributed by atoms with Gasteiger partial charge in [-0.3, -0.25) is 14.8 Å². The average molecular weight is 376 g/mol. The van der Waals surface area contributed by atoms with Crippen molar-refractivity contribution in [1.29, 1.82) is 0 Å². The number of rotatable bonds is 3. The molecule has 8 heteroatoms. The maximum Gasteiger partial charge on any atom is 0.316 e. The Morgan fingerprint density at radius 3 is 2.75 bits per heavy atom. The molecule has 0 spiro atoms. The third-order valence-electron chi connectivity index (χ3n) is 4.68. The zero-order valence-corrected chi connectivity index (χ0v) is 14.8. The zero-order chi connectivity index (χ0) is 19.3. The van der Waals surface area contributed by atoms with Crippen LogP contribution in [-0.4, -0.2) is 29.9 Å². The smallest absolute Gasteiger partial charge is 0.275 e. The van der Waals surface area contributed by atoms with E-state index in [2.05, 4.69) is 25.3 Å². The van der Waals surface area contributed by atoms with Crippen LogP contribution in [0.1, 0.15) is 11.3 Å². The van der Waals surface area contributed by atoms with E-state index in [1.54, 1.807) is 60.7 Å². The van der Waals surface area contributed by atoms with E-state index >= 15 is 8.78 Å². The Bertz CT molecular complexity index is 1320. The zero-order valence-electron chi connectivity index (χ0n) is 14.8. The normalized spacial score (nSPS) is 12.1. The maximum atomic E-state index is 15.4. The van der Waals surface area contributed by atoms with E-state index in [-0.39, 0.29) is 16.8 Å². The van der Waals surface area contributed by atoms with Gasteiger partial charge >= 0.3 is 5.92 Å². The predicted molar refractivity (Wildman–Crippen MR) is 101 cm³/mol. The van der Waals surface area contributed by atoms with Crippen LogP contribution in [0.5, 0.6) is 0 Å². The summed E-state index contributed by atoms with van der Waals surface area (Å²) in [5, 5.41) is 11.3. The molecule has 0 saturated heterocycles. The number of hydrogen-bond acceptors (Lipinski definition) is 4. The molecule has 0 fully saturated rings. The minimum atomic E-state index is -3.29. The van der Waals surface area contributed by atoms with Crippen molar-refractivity contribution in [1.82, 2.24) is 29.9 Å². The van der Waals surface area contributed by atoms with Gasteiger partial charge in [0.05, 0.1) is 17.4 Å². The highest BCUT2D eigenvalue weighted by Gasteiger charge is 2.38. The third-order valence-corrected chi connectivity index (χ3v) is 4.68. The summed E-state index contributed by atoms with van der Waals surface area (Å²) in [4.78, 5) is 8.61. The van der Waals surface area contributed by atoms with Gasteiger partial charge in [-0.2, -0.15) is 19.0 Å². The lowest BCUT2D eigenvalue weighted by Crippen LogP contribution is -2.16. The first-order valence-electron chi connectivity index (χ1n) is 8.60. The fourth-order valence-corrected chi connectivity index (χ4v) is 3.24. The highest BCUT2D eigenvalue weighted by Crippen LogP contribution is 2.38. The number of aromatic amines is 1. The molecule has 5 rings (SSSR count). The molecule has 28 heavy (non-hydrogen) atoms. The Morgan fingerprint density at radius 1 is 1.07 bits per heavy atom. The summed E-state index contributed by atoms with van der Waals surface area (Å²) in [6.07, 6.45) is 5.05. The van der Waals surface area contributed by atoms with Gasteiger partial charge in [0.25, 0.3) is 0 Å². The highest BCUT2D eigenvalue weighted by molar-refractivity contribution is 5.82. The summed E-state index contributed by atoms with van der Waals surface area (Å²) in [6.45, 7) is 0. The quantitative estimate of drug-likeness (QED) is 0.516. The van der Waals surface area contributed by atoms with Crippen LogP contribution in [-0.2, 0) is 13.0 Å². The Balaban J connectivity index is 1.65. The number of hydrogen-bond donors (Lipinski definition) is 1. The topological polar surface area (TPSA) is 72.3 Å². The second-order valence-electron chi connectivity index (χ2n) is 6.55. The third kappa shape index (κ3) is 2.53. The molecule has 6 nitrogen and oxygen atoms in total. The second-order valence-corrected chi connectivity index (χ2v) is 6.55. The molecular formula is C20H14F2N6. The number of pyridine rings is 2. The molecule has 0 aliphatic heterocycles. The molecule has 0 aliphatic rings. The SMILES string of the molecule is Cn1cc(-c2ccc3n[nH]c(C(F)(F)c4ccc5ncccc5c4)c3n2)cn1. The molecule has 0 saturated carbocycles. The molecule has 0 amide bonds. The summed E-state index contributed by atoms with van der Waals surface area (Å²) in [5.41, 5.74) is 2.00. The number of aryl methyl sites for hydroxylation is 1. The van der Waals surface area contributed by atoms with Crippen molar-refractivity contribution in [3.8, 4) is 11.3 Å². The molecule has 0 bridgehead atoms. The monoisotopic (exact) mass is 376 g/mol. The van der Waals surface area contributed by atoms with Gasteiger partial charge in [-0.25, -0.2) is 4.98 Å². The van der Waals surface area contributed by atoms with E-state index in [4.69, 9.17) is 0 Å². The van der Waals surface area contributed by atoms with Crippen molar-refractivity contribution >= 4 is 21.9 Å². The summed E-state index contributed by atoms with van der Waals surface area (Å²) in [7, 11) is 1.79. The number of benzene rings is 1. The van der Waals surface area contributed by atoms with E-state index in [1.165, 1.54) is 12.1 Å². The molecule has 0 atom stereocenters. The number of aromatic nitrogens is 6. The van der Waals surface area contributed by atoms with E-state index in [0.29, 0.717) is 22.1 Å². The molecule has 0 aliphatic carbocycles. The van der Waals surface area contributed by atoms with E-state index < -0.39 is 5.92 Å². The number of fused-ring (bicyclic) bond motifs is 2. The van der Waals surface area contributed by atoms with Gasteiger partial charge in [-0.15, -0.1) is 0 Å². The predicted octanol–water partition coefficient (Wildman–Crippen LogP) is 4.05. The largest absolute Gasteiger partial charge is 0.316 e. The fraction of sp³-hybridized carbons (Fsp3) is 0.100. The van der Waals surface area contributed by atoms with Crippen LogP contribution < -0.4 is 0 Å². The lowest BCUT2D eigenvalue weighted by Gasteiger charge is -2.16. The van der Waals surface area contributed by atoms with Gasteiger partial charge < -0.3 is 0 Å². The van der Waals surface area contributed by atoms with Crippen LogP contribution >= 0.6 is 0 Å². The van der Waals surface area contributed by atoms with Crippen LogP contribution in [0.3, 0.4) is 0 Å². The molecule has 4 heterocycles. The average Bonchev–Trinajstić information content (AvgIpc) is 3.33. The molecule has 0 radical (unpaired) electrons. The summed E-state index contributed by atoms with van der Waals surface area (Å²) in [6, 6.07) is 11.3. The van der Waals surface area contributed by atoms with Gasteiger partial charge in [-0.05, 0) is 30.3 Å². The first-order chi connectivity index (χ1) is 13.5. The summed E-state index contributed by atoms with van der Waals surface area (Å²) >= 11 is 0. The summed E-state index contributed by atoms with van der Waals surface area (Å²) < 4.78 is 32.4. The standard InChI is InChI=1S/C20H14F2N6/c1-28-11-13(10-24-28)16-6-7-17-18(25-16)19(27-26-17)20(21,22)14-4-5-15-12(9-14)3-2-8-23-15/h2-11H,1H3,(H,26,27). The lowest BCUT2D eigenvalue weighted by molar-refractivity contribution is 0.0394. The Morgan fingerprint density at radius 2 is 1.93 bits per heavy atom. The Hall–Kier alpha value is -3.68. The van der Waals surface area contributed by atoms with Crippen LogP contribution in [0.15, 0.2) is 61.1 Å².